The van der Waals surface area contributed by atoms with E-state index in [0.29, 0.717) is 11.6 Å². The van der Waals surface area contributed by atoms with Crippen molar-refractivity contribution in [3.05, 3.63) is 71.5 Å². The summed E-state index contributed by atoms with van der Waals surface area (Å²) in [5, 5.41) is 10.1. The van der Waals surface area contributed by atoms with Crippen molar-refractivity contribution in [3.63, 3.8) is 0 Å². The van der Waals surface area contributed by atoms with Crippen LogP contribution in [0.1, 0.15) is 67.8 Å². The Morgan fingerprint density at radius 1 is 1.08 bits per heavy atom. The first-order valence-corrected chi connectivity index (χ1v) is 14.2. The Hall–Kier alpha value is -3.10. The van der Waals surface area contributed by atoms with Gasteiger partial charge in [0.2, 0.25) is 0 Å². The minimum atomic E-state index is -1.34. The third kappa shape index (κ3) is 6.25. The molecule has 37 heavy (non-hydrogen) atoms. The van der Waals surface area contributed by atoms with E-state index >= 15 is 0 Å². The maximum absolute atomic E-state index is 14.2. The van der Waals surface area contributed by atoms with Crippen LogP contribution >= 0.6 is 23.3 Å². The van der Waals surface area contributed by atoms with E-state index in [1.165, 1.54) is 62.8 Å². The van der Waals surface area contributed by atoms with Crippen molar-refractivity contribution in [1.29, 1.82) is 0 Å². The number of hydrogen-bond donors (Lipinski definition) is 2. The van der Waals surface area contributed by atoms with E-state index in [-0.39, 0.29) is 5.75 Å². The maximum Gasteiger partial charge on any atom is 0.338 e. The highest BCUT2D eigenvalue weighted by Gasteiger charge is 2.17. The molecule has 5 nitrogen and oxygen atoms in total. The molecule has 8 heteroatoms. The van der Waals surface area contributed by atoms with E-state index in [1.807, 2.05) is 32.0 Å². The molecule has 0 spiro atoms. The predicted molar refractivity (Wildman–Crippen MR) is 152 cm³/mol. The second kappa shape index (κ2) is 12.4. The standard InChI is InChI=1S/C27H25FN2O3S2.C2H6/c1-33-24-14-20(27(31)32)21(28)15-23(24)30-35-19-11-12-22-25(13-19)34-26(29-22)18-9-7-17(8-10-18)16-5-3-2-4-6-16;1-2/h7-16,30H,2-6H2,1H3,(H,31,32);1-2H3. The number of thiazole rings is 1. The quantitative estimate of drug-likeness (QED) is 0.229. The fourth-order valence-corrected chi connectivity index (χ4v) is 6.29. The van der Waals surface area contributed by atoms with Gasteiger partial charge >= 0.3 is 5.97 Å². The second-order valence-corrected chi connectivity index (χ2v) is 10.6. The van der Waals surface area contributed by atoms with Crippen molar-refractivity contribution < 1.29 is 19.0 Å². The zero-order valence-electron chi connectivity index (χ0n) is 21.2. The van der Waals surface area contributed by atoms with Crippen LogP contribution in [0.5, 0.6) is 5.75 Å². The molecule has 1 fully saturated rings. The number of anilines is 1. The van der Waals surface area contributed by atoms with Crippen molar-refractivity contribution in [2.75, 3.05) is 11.8 Å². The van der Waals surface area contributed by atoms with Crippen molar-refractivity contribution in [3.8, 4) is 16.3 Å². The van der Waals surface area contributed by atoms with Crippen LogP contribution in [0.3, 0.4) is 0 Å². The minimum absolute atomic E-state index is 0.258. The van der Waals surface area contributed by atoms with E-state index in [1.54, 1.807) is 11.3 Å². The van der Waals surface area contributed by atoms with Crippen molar-refractivity contribution >= 4 is 45.2 Å². The lowest BCUT2D eigenvalue weighted by atomic mass is 9.84. The smallest absolute Gasteiger partial charge is 0.338 e. The van der Waals surface area contributed by atoms with Gasteiger partial charge in [0.05, 0.1) is 28.6 Å². The molecular weight excluding hydrogens is 507 g/mol. The predicted octanol–water partition coefficient (Wildman–Crippen LogP) is 9.00. The lowest BCUT2D eigenvalue weighted by molar-refractivity contribution is 0.0691. The lowest BCUT2D eigenvalue weighted by Crippen LogP contribution is -2.04. The van der Waals surface area contributed by atoms with Crippen LogP contribution in [0.15, 0.2) is 59.5 Å². The summed E-state index contributed by atoms with van der Waals surface area (Å²) in [4.78, 5) is 16.9. The van der Waals surface area contributed by atoms with E-state index in [0.717, 1.165) is 31.7 Å². The van der Waals surface area contributed by atoms with E-state index < -0.39 is 17.3 Å². The highest BCUT2D eigenvalue weighted by atomic mass is 32.2. The Labute approximate surface area is 225 Å². The summed E-state index contributed by atoms with van der Waals surface area (Å²) < 4.78 is 23.5. The highest BCUT2D eigenvalue weighted by Crippen LogP contribution is 2.37. The fourth-order valence-electron chi connectivity index (χ4n) is 4.51. The Morgan fingerprint density at radius 2 is 1.81 bits per heavy atom. The largest absolute Gasteiger partial charge is 0.495 e. The molecule has 0 atom stereocenters. The molecule has 0 bridgehead atoms. The highest BCUT2D eigenvalue weighted by molar-refractivity contribution is 8.00. The van der Waals surface area contributed by atoms with Gasteiger partial charge in [0.1, 0.15) is 16.6 Å². The summed E-state index contributed by atoms with van der Waals surface area (Å²) in [5.41, 5.74) is 3.42. The molecule has 194 valence electrons. The number of methoxy groups -OCH3 is 1. The molecule has 0 radical (unpaired) electrons. The number of nitrogens with zero attached hydrogens (tertiary/aromatic N) is 1. The zero-order valence-corrected chi connectivity index (χ0v) is 22.8. The van der Waals surface area contributed by atoms with Crippen LogP contribution in [-0.2, 0) is 0 Å². The van der Waals surface area contributed by atoms with Gasteiger partial charge in [-0.05, 0) is 60.5 Å². The molecular formula is C29H31FN2O3S2. The summed E-state index contributed by atoms with van der Waals surface area (Å²) in [7, 11) is 1.42. The van der Waals surface area contributed by atoms with Crippen molar-refractivity contribution in [1.82, 2.24) is 4.98 Å². The van der Waals surface area contributed by atoms with Gasteiger partial charge in [0, 0.05) is 16.5 Å². The number of carbonyl (C=O) groups is 1. The van der Waals surface area contributed by atoms with Gasteiger partial charge < -0.3 is 14.6 Å². The molecule has 0 amide bonds. The SMILES string of the molecule is CC.COc1cc(C(=O)O)c(F)cc1NSc1ccc2nc(-c3ccc(C4CCCCC4)cc3)sc2c1. The summed E-state index contributed by atoms with van der Waals surface area (Å²) in [5.74, 6) is -1.21. The summed E-state index contributed by atoms with van der Waals surface area (Å²) >= 11 is 2.94. The van der Waals surface area contributed by atoms with Crippen LogP contribution < -0.4 is 9.46 Å². The summed E-state index contributed by atoms with van der Waals surface area (Å²) in [6.45, 7) is 4.00. The first-order chi connectivity index (χ1) is 18.0. The molecule has 2 N–H and O–H groups in total. The number of ether oxygens (including phenoxy) is 1. The first kappa shape index (κ1) is 26.9. The summed E-state index contributed by atoms with van der Waals surface area (Å²) in [6, 6.07) is 17.1. The van der Waals surface area contributed by atoms with Gasteiger partial charge in [0.15, 0.2) is 0 Å². The van der Waals surface area contributed by atoms with E-state index in [9.17, 15) is 9.18 Å². The lowest BCUT2D eigenvalue weighted by Gasteiger charge is -2.21. The molecule has 0 unspecified atom stereocenters. The number of rotatable bonds is 7. The number of fused-ring (bicyclic) bond motifs is 1. The normalized spacial score (nSPS) is 13.6. The fraction of sp³-hybridized carbons (Fsp3) is 0.310. The number of aromatic nitrogens is 1. The molecule has 1 heterocycles. The Bertz CT molecular complexity index is 1370. The molecule has 0 saturated heterocycles. The molecule has 1 aromatic heterocycles. The first-order valence-electron chi connectivity index (χ1n) is 12.6. The number of aromatic carboxylic acids is 1. The van der Waals surface area contributed by atoms with Gasteiger partial charge in [0.25, 0.3) is 0 Å². The van der Waals surface area contributed by atoms with Crippen LogP contribution in [0.25, 0.3) is 20.8 Å². The van der Waals surface area contributed by atoms with Gasteiger partial charge in [-0.25, -0.2) is 14.2 Å². The van der Waals surface area contributed by atoms with Gasteiger partial charge in [-0.1, -0.05) is 57.4 Å². The van der Waals surface area contributed by atoms with Gasteiger partial charge in [-0.3, -0.25) is 0 Å². The topological polar surface area (TPSA) is 71.5 Å². The number of carboxylic acid groups (broad SMARTS) is 1. The third-order valence-corrected chi connectivity index (χ3v) is 8.27. The van der Waals surface area contributed by atoms with Gasteiger partial charge in [-0.15, -0.1) is 11.3 Å². The molecule has 1 saturated carbocycles. The molecule has 5 rings (SSSR count). The van der Waals surface area contributed by atoms with Crippen molar-refractivity contribution in [2.45, 2.75) is 56.8 Å². The minimum Gasteiger partial charge on any atom is -0.495 e. The van der Waals surface area contributed by atoms with E-state index in [2.05, 4.69) is 29.0 Å². The average Bonchev–Trinajstić information content (AvgIpc) is 3.37. The summed E-state index contributed by atoms with van der Waals surface area (Å²) in [6.07, 6.45) is 6.59. The third-order valence-electron chi connectivity index (χ3n) is 6.39. The Morgan fingerprint density at radius 3 is 2.49 bits per heavy atom. The zero-order chi connectivity index (χ0) is 26.4. The van der Waals surface area contributed by atoms with E-state index in [4.69, 9.17) is 14.8 Å². The van der Waals surface area contributed by atoms with Gasteiger partial charge in [-0.2, -0.15) is 0 Å². The van der Waals surface area contributed by atoms with Crippen LogP contribution in [0, 0.1) is 5.82 Å². The molecule has 1 aliphatic rings. The molecule has 4 aromatic rings. The van der Waals surface area contributed by atoms with Crippen LogP contribution in [0.2, 0.25) is 0 Å². The number of nitrogens with one attached hydrogen (secondary N) is 1. The maximum atomic E-state index is 14.2. The van der Waals surface area contributed by atoms with Crippen LogP contribution in [0.4, 0.5) is 10.1 Å². The number of benzene rings is 3. The Balaban J connectivity index is 0.00000156. The molecule has 0 aliphatic heterocycles. The molecule has 1 aliphatic carbocycles. The average molecular weight is 539 g/mol. The number of halogens is 1. The molecule has 3 aromatic carbocycles. The Kier molecular flexibility index (Phi) is 9.05. The monoisotopic (exact) mass is 538 g/mol. The second-order valence-electron chi connectivity index (χ2n) is 8.65. The number of carboxylic acids is 1. The van der Waals surface area contributed by atoms with Crippen molar-refractivity contribution in [2.24, 2.45) is 0 Å². The number of hydrogen-bond acceptors (Lipinski definition) is 6. The van der Waals surface area contributed by atoms with Crippen LogP contribution in [-0.4, -0.2) is 23.2 Å².